The number of hydrogen-bond donors (Lipinski definition) is 1. The molecule has 2 heterocycles. The van der Waals surface area contributed by atoms with Gasteiger partial charge in [0.2, 0.25) is 0 Å². The summed E-state index contributed by atoms with van der Waals surface area (Å²) in [5.41, 5.74) is -0.0225. The lowest BCUT2D eigenvalue weighted by Crippen LogP contribution is -2.03. The number of nitrogens with one attached hydrogen (secondary N) is 1. The Morgan fingerprint density at radius 1 is 1.27 bits per heavy atom. The van der Waals surface area contributed by atoms with Crippen LogP contribution in [0.1, 0.15) is 0 Å². The van der Waals surface area contributed by atoms with Gasteiger partial charge in [-0.05, 0) is 22.0 Å². The molecule has 0 amide bonds. The van der Waals surface area contributed by atoms with E-state index in [4.69, 9.17) is 0 Å². The summed E-state index contributed by atoms with van der Waals surface area (Å²) in [5, 5.41) is 1.81. The Morgan fingerprint density at radius 3 is 2.93 bits per heavy atom. The molecule has 0 unspecified atom stereocenters. The van der Waals surface area contributed by atoms with Gasteiger partial charge in [-0.3, -0.25) is 4.79 Å². The molecular formula is C11H6BrNOS. The van der Waals surface area contributed by atoms with Crippen LogP contribution >= 0.6 is 27.3 Å². The monoisotopic (exact) mass is 279 g/mol. The molecule has 15 heavy (non-hydrogen) atoms. The average molecular weight is 280 g/mol. The van der Waals surface area contributed by atoms with Crippen LogP contribution in [0.5, 0.6) is 0 Å². The first-order valence-corrected chi connectivity index (χ1v) is 6.07. The predicted molar refractivity (Wildman–Crippen MR) is 67.7 cm³/mol. The van der Waals surface area contributed by atoms with Gasteiger partial charge in [-0.1, -0.05) is 18.2 Å². The van der Waals surface area contributed by atoms with Crippen molar-refractivity contribution in [2.24, 2.45) is 0 Å². The maximum atomic E-state index is 11.7. The van der Waals surface area contributed by atoms with Crippen LogP contribution in [0.4, 0.5) is 0 Å². The van der Waals surface area contributed by atoms with Crippen molar-refractivity contribution in [1.82, 2.24) is 4.98 Å². The van der Waals surface area contributed by atoms with E-state index in [-0.39, 0.29) is 5.56 Å². The van der Waals surface area contributed by atoms with Gasteiger partial charge in [0.15, 0.2) is 0 Å². The van der Waals surface area contributed by atoms with Crippen molar-refractivity contribution in [3.05, 3.63) is 45.3 Å². The molecule has 3 rings (SSSR count). The number of pyridine rings is 1. The van der Waals surface area contributed by atoms with E-state index >= 15 is 0 Å². The van der Waals surface area contributed by atoms with Crippen molar-refractivity contribution in [3.8, 4) is 0 Å². The smallest absolute Gasteiger partial charge is 0.257 e. The number of rotatable bonds is 0. The highest BCUT2D eigenvalue weighted by molar-refractivity contribution is 9.10. The summed E-state index contributed by atoms with van der Waals surface area (Å²) in [5.74, 6) is 0. The molecule has 0 radical (unpaired) electrons. The SMILES string of the molecule is O=c1[nH]cc(Br)c2sc3ccccc3c12. The Hall–Kier alpha value is -1.13. The maximum Gasteiger partial charge on any atom is 0.257 e. The Labute approximate surface area is 97.7 Å². The van der Waals surface area contributed by atoms with Crippen LogP contribution in [0.3, 0.4) is 0 Å². The standard InChI is InChI=1S/C11H6BrNOS/c12-7-5-13-11(14)9-6-3-1-2-4-8(6)15-10(7)9/h1-5H,(H,13,14). The van der Waals surface area contributed by atoms with Gasteiger partial charge >= 0.3 is 0 Å². The molecule has 2 nitrogen and oxygen atoms in total. The molecule has 0 fully saturated rings. The molecule has 4 heteroatoms. The van der Waals surface area contributed by atoms with Gasteiger partial charge in [0, 0.05) is 16.3 Å². The Bertz CT molecular complexity index is 713. The van der Waals surface area contributed by atoms with E-state index < -0.39 is 0 Å². The van der Waals surface area contributed by atoms with Crippen molar-refractivity contribution >= 4 is 47.4 Å². The molecule has 1 N–H and O–H groups in total. The van der Waals surface area contributed by atoms with Crippen molar-refractivity contribution < 1.29 is 0 Å². The van der Waals surface area contributed by atoms with Crippen LogP contribution in [0, 0.1) is 0 Å². The number of aromatic amines is 1. The summed E-state index contributed by atoms with van der Waals surface area (Å²) in [6, 6.07) is 7.95. The van der Waals surface area contributed by atoms with Gasteiger partial charge < -0.3 is 4.98 Å². The third-order valence-corrected chi connectivity index (χ3v) is 4.46. The number of aromatic nitrogens is 1. The van der Waals surface area contributed by atoms with Gasteiger partial charge in [-0.2, -0.15) is 0 Å². The summed E-state index contributed by atoms with van der Waals surface area (Å²) >= 11 is 5.08. The fourth-order valence-electron chi connectivity index (χ4n) is 1.71. The third kappa shape index (κ3) is 1.25. The number of benzene rings is 1. The van der Waals surface area contributed by atoms with Gasteiger partial charge in [-0.25, -0.2) is 0 Å². The number of H-pyrrole nitrogens is 1. The lowest BCUT2D eigenvalue weighted by Gasteiger charge is -1.91. The quantitative estimate of drug-likeness (QED) is 0.671. The fourth-order valence-corrected chi connectivity index (χ4v) is 3.37. The summed E-state index contributed by atoms with van der Waals surface area (Å²) in [6.45, 7) is 0. The van der Waals surface area contributed by atoms with Crippen LogP contribution in [-0.4, -0.2) is 4.98 Å². The molecule has 2 aromatic heterocycles. The highest BCUT2D eigenvalue weighted by Crippen LogP contribution is 2.35. The molecule has 1 aromatic carbocycles. The lowest BCUT2D eigenvalue weighted by molar-refractivity contribution is 1.27. The molecule has 74 valence electrons. The van der Waals surface area contributed by atoms with Gasteiger partial charge in [-0.15, -0.1) is 11.3 Å². The molecule has 0 bridgehead atoms. The number of hydrogen-bond acceptors (Lipinski definition) is 2. The van der Waals surface area contributed by atoms with Crippen molar-refractivity contribution in [2.75, 3.05) is 0 Å². The average Bonchev–Trinajstić information content (AvgIpc) is 2.64. The van der Waals surface area contributed by atoms with Crippen LogP contribution < -0.4 is 5.56 Å². The summed E-state index contributed by atoms with van der Waals surface area (Å²) in [6.07, 6.45) is 1.69. The van der Waals surface area contributed by atoms with Gasteiger partial charge in [0.05, 0.1) is 14.6 Å². The predicted octanol–water partition coefficient (Wildman–Crippen LogP) is 3.51. The van der Waals surface area contributed by atoms with Gasteiger partial charge in [0.25, 0.3) is 5.56 Å². The van der Waals surface area contributed by atoms with E-state index in [9.17, 15) is 4.79 Å². The zero-order valence-electron chi connectivity index (χ0n) is 7.58. The van der Waals surface area contributed by atoms with Crippen LogP contribution in [-0.2, 0) is 0 Å². The molecule has 0 aliphatic rings. The summed E-state index contributed by atoms with van der Waals surface area (Å²) in [4.78, 5) is 14.5. The molecule has 0 saturated carbocycles. The Morgan fingerprint density at radius 2 is 2.07 bits per heavy atom. The van der Waals surface area contributed by atoms with E-state index in [0.29, 0.717) is 0 Å². The second kappa shape index (κ2) is 3.18. The maximum absolute atomic E-state index is 11.7. The molecule has 0 spiro atoms. The van der Waals surface area contributed by atoms with Crippen LogP contribution in [0.25, 0.3) is 20.2 Å². The zero-order valence-corrected chi connectivity index (χ0v) is 9.98. The number of halogens is 1. The molecule has 0 atom stereocenters. The van der Waals surface area contributed by atoms with Crippen molar-refractivity contribution in [1.29, 1.82) is 0 Å². The highest BCUT2D eigenvalue weighted by Gasteiger charge is 2.09. The topological polar surface area (TPSA) is 32.9 Å². The second-order valence-corrected chi connectivity index (χ2v) is 5.17. The first-order chi connectivity index (χ1) is 7.27. The largest absolute Gasteiger partial charge is 0.327 e. The number of fused-ring (bicyclic) bond motifs is 3. The van der Waals surface area contributed by atoms with Crippen LogP contribution in [0.15, 0.2) is 39.7 Å². The van der Waals surface area contributed by atoms with E-state index in [1.54, 1.807) is 17.5 Å². The molecule has 0 aliphatic heterocycles. The summed E-state index contributed by atoms with van der Waals surface area (Å²) < 4.78 is 3.10. The summed E-state index contributed by atoms with van der Waals surface area (Å²) in [7, 11) is 0. The van der Waals surface area contributed by atoms with E-state index in [0.717, 1.165) is 24.6 Å². The molecule has 3 aromatic rings. The van der Waals surface area contributed by atoms with Crippen molar-refractivity contribution in [2.45, 2.75) is 0 Å². The van der Waals surface area contributed by atoms with Crippen molar-refractivity contribution in [3.63, 3.8) is 0 Å². The third-order valence-electron chi connectivity index (χ3n) is 2.37. The minimum Gasteiger partial charge on any atom is -0.327 e. The van der Waals surface area contributed by atoms with E-state index in [2.05, 4.69) is 20.9 Å². The highest BCUT2D eigenvalue weighted by atomic mass is 79.9. The lowest BCUT2D eigenvalue weighted by atomic mass is 10.2. The molecule has 0 aliphatic carbocycles. The van der Waals surface area contributed by atoms with E-state index in [1.807, 2.05) is 24.3 Å². The Balaban J connectivity index is 2.72. The van der Waals surface area contributed by atoms with Gasteiger partial charge in [0.1, 0.15) is 0 Å². The second-order valence-electron chi connectivity index (χ2n) is 3.27. The first kappa shape index (κ1) is 9.12. The first-order valence-electron chi connectivity index (χ1n) is 4.46. The normalized spacial score (nSPS) is 11.3. The van der Waals surface area contributed by atoms with E-state index in [1.165, 1.54) is 0 Å². The molecule has 0 saturated heterocycles. The minimum absolute atomic E-state index is 0.0225. The number of thiophene rings is 1. The Kier molecular flexibility index (Phi) is 1.94. The fraction of sp³-hybridized carbons (Fsp3) is 0. The van der Waals surface area contributed by atoms with Crippen LogP contribution in [0.2, 0.25) is 0 Å². The molecular weight excluding hydrogens is 274 g/mol. The zero-order chi connectivity index (χ0) is 10.4. The minimum atomic E-state index is -0.0225.